The van der Waals surface area contributed by atoms with Gasteiger partial charge in [0.15, 0.2) is 0 Å². The molecule has 1 saturated heterocycles. The molecule has 0 bridgehead atoms. The molecule has 1 aromatic carbocycles. The summed E-state index contributed by atoms with van der Waals surface area (Å²) < 4.78 is 0. The molecule has 1 saturated carbocycles. The molecular formula is C19H29ClN2O. The Labute approximate surface area is 146 Å². The number of halogens is 1. The summed E-state index contributed by atoms with van der Waals surface area (Å²) in [5, 5.41) is 6.41. The van der Waals surface area contributed by atoms with Gasteiger partial charge in [0.05, 0.1) is 0 Å². The van der Waals surface area contributed by atoms with Crippen LogP contribution in [0, 0.1) is 11.3 Å². The third-order valence-electron chi connectivity index (χ3n) is 5.44. The largest absolute Gasteiger partial charge is 0.356 e. The molecule has 23 heavy (non-hydrogen) atoms. The van der Waals surface area contributed by atoms with Crippen LogP contribution in [0.1, 0.15) is 44.1 Å². The highest BCUT2D eigenvalue weighted by Crippen LogP contribution is 2.44. The van der Waals surface area contributed by atoms with E-state index in [1.807, 2.05) is 0 Å². The molecule has 0 aromatic heterocycles. The van der Waals surface area contributed by atoms with Crippen LogP contribution in [0.4, 0.5) is 0 Å². The van der Waals surface area contributed by atoms with E-state index in [-0.39, 0.29) is 23.7 Å². The minimum Gasteiger partial charge on any atom is -0.356 e. The van der Waals surface area contributed by atoms with Crippen molar-refractivity contribution in [1.29, 1.82) is 0 Å². The first-order valence-corrected chi connectivity index (χ1v) is 8.77. The predicted octanol–water partition coefficient (Wildman–Crippen LogP) is 3.33. The van der Waals surface area contributed by atoms with E-state index in [4.69, 9.17) is 0 Å². The Hall–Kier alpha value is -1.06. The van der Waals surface area contributed by atoms with E-state index in [1.165, 1.54) is 31.2 Å². The van der Waals surface area contributed by atoms with Gasteiger partial charge < -0.3 is 10.6 Å². The summed E-state index contributed by atoms with van der Waals surface area (Å²) in [6.45, 7) is 2.96. The Morgan fingerprint density at radius 3 is 2.48 bits per heavy atom. The van der Waals surface area contributed by atoms with Crippen LogP contribution in [0.2, 0.25) is 0 Å². The maximum atomic E-state index is 12.3. The zero-order chi connectivity index (χ0) is 15.3. The minimum absolute atomic E-state index is 0. The normalized spacial score (nSPS) is 19.7. The minimum atomic E-state index is 0. The molecule has 2 aliphatic rings. The zero-order valence-electron chi connectivity index (χ0n) is 13.9. The fraction of sp³-hybridized carbons (Fsp3) is 0.632. The lowest BCUT2D eigenvalue weighted by Crippen LogP contribution is -2.48. The third-order valence-corrected chi connectivity index (χ3v) is 5.44. The molecular weight excluding hydrogens is 308 g/mol. The van der Waals surface area contributed by atoms with E-state index in [0.29, 0.717) is 5.92 Å². The number of carbonyl (C=O) groups is 1. The van der Waals surface area contributed by atoms with Gasteiger partial charge in [0.2, 0.25) is 5.91 Å². The molecule has 1 aliphatic carbocycles. The molecule has 4 heteroatoms. The summed E-state index contributed by atoms with van der Waals surface area (Å²) in [6.07, 6.45) is 7.98. The van der Waals surface area contributed by atoms with Crippen LogP contribution in [0.3, 0.4) is 0 Å². The number of aryl methyl sites for hydroxylation is 1. The van der Waals surface area contributed by atoms with Gasteiger partial charge in [-0.25, -0.2) is 0 Å². The summed E-state index contributed by atoms with van der Waals surface area (Å²) in [7, 11) is 0. The maximum absolute atomic E-state index is 12.3. The molecule has 0 radical (unpaired) electrons. The lowest BCUT2D eigenvalue weighted by Gasteiger charge is -2.30. The van der Waals surface area contributed by atoms with Crippen LogP contribution < -0.4 is 10.6 Å². The second-order valence-corrected chi connectivity index (χ2v) is 7.20. The van der Waals surface area contributed by atoms with Crippen LogP contribution in [-0.2, 0) is 11.2 Å². The maximum Gasteiger partial charge on any atom is 0.220 e. The number of rotatable bonds is 7. The van der Waals surface area contributed by atoms with Crippen molar-refractivity contribution >= 4 is 18.3 Å². The number of carbonyl (C=O) groups excluding carboxylic acids is 1. The molecule has 2 N–H and O–H groups in total. The Balaban J connectivity index is 0.00000192. The average molecular weight is 337 g/mol. The number of amides is 1. The number of nitrogens with one attached hydrogen (secondary N) is 2. The van der Waals surface area contributed by atoms with Crippen molar-refractivity contribution in [3.63, 3.8) is 0 Å². The lowest BCUT2D eigenvalue weighted by atomic mass is 9.77. The fourth-order valence-corrected chi connectivity index (χ4v) is 3.85. The van der Waals surface area contributed by atoms with Crippen LogP contribution >= 0.6 is 12.4 Å². The van der Waals surface area contributed by atoms with Crippen LogP contribution in [0.25, 0.3) is 0 Å². The van der Waals surface area contributed by atoms with E-state index in [1.54, 1.807) is 0 Å². The van der Waals surface area contributed by atoms with Crippen molar-refractivity contribution in [3.8, 4) is 0 Å². The molecule has 1 aromatic rings. The van der Waals surface area contributed by atoms with Gasteiger partial charge in [0.1, 0.15) is 0 Å². The van der Waals surface area contributed by atoms with Crippen molar-refractivity contribution in [3.05, 3.63) is 35.9 Å². The standard InChI is InChI=1S/C19H28N2O.ClH/c22-18(21-15-17-13-20-14-17)12-19(9-4-5-10-19)11-8-16-6-2-1-3-7-16;/h1-3,6-7,17,20H,4-5,8-15H2,(H,21,22);1H. The van der Waals surface area contributed by atoms with Crippen molar-refractivity contribution < 1.29 is 4.79 Å². The van der Waals surface area contributed by atoms with Crippen LogP contribution in [-0.4, -0.2) is 25.5 Å². The smallest absolute Gasteiger partial charge is 0.220 e. The first-order valence-electron chi connectivity index (χ1n) is 8.77. The first kappa shape index (κ1) is 18.3. The molecule has 1 heterocycles. The Kier molecular flexibility index (Phi) is 6.91. The van der Waals surface area contributed by atoms with Crippen LogP contribution in [0.5, 0.6) is 0 Å². The van der Waals surface area contributed by atoms with E-state index >= 15 is 0 Å². The highest BCUT2D eigenvalue weighted by atomic mass is 35.5. The monoisotopic (exact) mass is 336 g/mol. The summed E-state index contributed by atoms with van der Waals surface area (Å²) in [5.74, 6) is 0.912. The number of hydrogen-bond acceptors (Lipinski definition) is 2. The molecule has 0 spiro atoms. The second-order valence-electron chi connectivity index (χ2n) is 7.20. The Morgan fingerprint density at radius 1 is 1.17 bits per heavy atom. The first-order chi connectivity index (χ1) is 10.8. The second kappa shape index (κ2) is 8.70. The van der Waals surface area contributed by atoms with Crippen molar-refractivity contribution in [2.75, 3.05) is 19.6 Å². The van der Waals surface area contributed by atoms with Gasteiger partial charge in [-0.1, -0.05) is 43.2 Å². The zero-order valence-corrected chi connectivity index (χ0v) is 14.7. The van der Waals surface area contributed by atoms with Crippen molar-refractivity contribution in [1.82, 2.24) is 10.6 Å². The molecule has 1 amide bonds. The van der Waals surface area contributed by atoms with E-state index in [9.17, 15) is 4.79 Å². The quantitative estimate of drug-likeness (QED) is 0.802. The molecule has 0 atom stereocenters. The van der Waals surface area contributed by atoms with Gasteiger partial charge >= 0.3 is 0 Å². The molecule has 3 nitrogen and oxygen atoms in total. The van der Waals surface area contributed by atoms with Gasteiger partial charge in [-0.3, -0.25) is 4.79 Å². The number of hydrogen-bond donors (Lipinski definition) is 2. The average Bonchev–Trinajstić information content (AvgIpc) is 2.93. The van der Waals surface area contributed by atoms with Gasteiger partial charge in [0.25, 0.3) is 0 Å². The highest BCUT2D eigenvalue weighted by molar-refractivity contribution is 5.85. The molecule has 0 unspecified atom stereocenters. The summed E-state index contributed by atoms with van der Waals surface area (Å²) in [4.78, 5) is 12.3. The van der Waals surface area contributed by atoms with E-state index in [2.05, 4.69) is 41.0 Å². The van der Waals surface area contributed by atoms with Gasteiger partial charge in [0, 0.05) is 32.0 Å². The third kappa shape index (κ3) is 5.22. The molecule has 3 rings (SSSR count). The van der Waals surface area contributed by atoms with Crippen molar-refractivity contribution in [2.45, 2.75) is 44.9 Å². The Morgan fingerprint density at radius 2 is 1.87 bits per heavy atom. The predicted molar refractivity (Wildman–Crippen MR) is 96.9 cm³/mol. The van der Waals surface area contributed by atoms with Crippen LogP contribution in [0.15, 0.2) is 30.3 Å². The lowest BCUT2D eigenvalue weighted by molar-refractivity contribution is -0.123. The molecule has 1 aliphatic heterocycles. The van der Waals surface area contributed by atoms with Gasteiger partial charge in [-0.05, 0) is 36.7 Å². The topological polar surface area (TPSA) is 41.1 Å². The van der Waals surface area contributed by atoms with E-state index < -0.39 is 0 Å². The fourth-order valence-electron chi connectivity index (χ4n) is 3.85. The van der Waals surface area contributed by atoms with Gasteiger partial charge in [-0.15, -0.1) is 12.4 Å². The van der Waals surface area contributed by atoms with Gasteiger partial charge in [-0.2, -0.15) is 0 Å². The van der Waals surface area contributed by atoms with E-state index in [0.717, 1.165) is 38.9 Å². The molecule has 128 valence electrons. The summed E-state index contributed by atoms with van der Waals surface area (Å²) in [5.41, 5.74) is 1.65. The molecule has 2 fully saturated rings. The SMILES string of the molecule is Cl.O=C(CC1(CCc2ccccc2)CCCC1)NCC1CNC1. The summed E-state index contributed by atoms with van der Waals surface area (Å²) in [6, 6.07) is 10.7. The highest BCUT2D eigenvalue weighted by Gasteiger charge is 2.35. The number of benzene rings is 1. The van der Waals surface area contributed by atoms with Crippen molar-refractivity contribution in [2.24, 2.45) is 11.3 Å². The summed E-state index contributed by atoms with van der Waals surface area (Å²) >= 11 is 0. The Bertz CT molecular complexity index is 481.